The van der Waals surface area contributed by atoms with Crippen LogP contribution in [-0.4, -0.2) is 45.0 Å². The molecule has 20 heavy (non-hydrogen) atoms. The van der Waals surface area contributed by atoms with Gasteiger partial charge in [0, 0.05) is 19.6 Å². The molecular weight excluding hydrogens is 280 g/mol. The molecule has 1 N–H and O–H groups in total. The van der Waals surface area contributed by atoms with Gasteiger partial charge in [-0.25, -0.2) is 0 Å². The molecule has 2 heterocycles. The third-order valence-corrected chi connectivity index (χ3v) is 3.56. The third-order valence-electron chi connectivity index (χ3n) is 3.56. The number of hydrogen-bond acceptors (Lipinski definition) is 5. The highest BCUT2D eigenvalue weighted by atomic mass is 35.5. The van der Waals surface area contributed by atoms with Gasteiger partial charge in [0.05, 0.1) is 7.11 Å². The summed E-state index contributed by atoms with van der Waals surface area (Å²) in [4.78, 5) is 2.46. The zero-order chi connectivity index (χ0) is 13.1. The van der Waals surface area contributed by atoms with Crippen molar-refractivity contribution >= 4 is 12.4 Å². The number of rotatable bonds is 3. The van der Waals surface area contributed by atoms with E-state index in [1.807, 2.05) is 6.07 Å². The molecule has 0 amide bonds. The van der Waals surface area contributed by atoms with Crippen LogP contribution in [0.5, 0.6) is 17.2 Å². The monoisotopic (exact) mass is 300 g/mol. The van der Waals surface area contributed by atoms with Gasteiger partial charge in [0.15, 0.2) is 11.5 Å². The maximum Gasteiger partial charge on any atom is 0.231 e. The SMILES string of the molecule is COc1cc(CN2CCCNCC2)cc2c1OCO2.Cl. The topological polar surface area (TPSA) is 43.0 Å². The van der Waals surface area contributed by atoms with Crippen LogP contribution in [0.2, 0.25) is 0 Å². The Hall–Kier alpha value is -1.17. The van der Waals surface area contributed by atoms with Gasteiger partial charge < -0.3 is 19.5 Å². The lowest BCUT2D eigenvalue weighted by atomic mass is 10.1. The Morgan fingerprint density at radius 2 is 2.15 bits per heavy atom. The standard InChI is InChI=1S/C14H20N2O3.ClH/c1-17-12-7-11(8-13-14(12)19-10-18-13)9-16-5-2-3-15-4-6-16;/h7-8,15H,2-6,9-10H2,1H3;1H. The summed E-state index contributed by atoms with van der Waals surface area (Å²) < 4.78 is 16.3. The summed E-state index contributed by atoms with van der Waals surface area (Å²) >= 11 is 0. The van der Waals surface area contributed by atoms with Gasteiger partial charge in [-0.3, -0.25) is 4.90 Å². The quantitative estimate of drug-likeness (QED) is 0.919. The summed E-state index contributed by atoms with van der Waals surface area (Å²) in [6, 6.07) is 4.11. The first-order valence-corrected chi connectivity index (χ1v) is 6.76. The van der Waals surface area contributed by atoms with Crippen LogP contribution in [0, 0.1) is 0 Å². The molecule has 2 aliphatic heterocycles. The predicted octanol–water partition coefficient (Wildman–Crippen LogP) is 1.64. The number of ether oxygens (including phenoxy) is 3. The zero-order valence-electron chi connectivity index (χ0n) is 11.7. The Bertz CT molecular complexity index is 448. The summed E-state index contributed by atoms with van der Waals surface area (Å²) in [6.45, 7) is 5.58. The van der Waals surface area contributed by atoms with E-state index in [-0.39, 0.29) is 19.2 Å². The van der Waals surface area contributed by atoms with Gasteiger partial charge in [-0.15, -0.1) is 12.4 Å². The van der Waals surface area contributed by atoms with Crippen LogP contribution < -0.4 is 19.5 Å². The molecule has 0 spiro atoms. The van der Waals surface area contributed by atoms with Crippen molar-refractivity contribution < 1.29 is 14.2 Å². The zero-order valence-corrected chi connectivity index (χ0v) is 12.5. The summed E-state index contributed by atoms with van der Waals surface area (Å²) in [7, 11) is 1.66. The molecule has 0 unspecified atom stereocenters. The summed E-state index contributed by atoms with van der Waals surface area (Å²) in [5, 5.41) is 3.42. The van der Waals surface area contributed by atoms with E-state index in [2.05, 4.69) is 16.3 Å². The fourth-order valence-corrected chi connectivity index (χ4v) is 2.59. The Labute approximate surface area is 125 Å². The summed E-state index contributed by atoms with van der Waals surface area (Å²) in [5.74, 6) is 2.28. The van der Waals surface area contributed by atoms with E-state index in [4.69, 9.17) is 14.2 Å². The molecule has 6 heteroatoms. The van der Waals surface area contributed by atoms with Crippen molar-refractivity contribution in [3.05, 3.63) is 17.7 Å². The lowest BCUT2D eigenvalue weighted by Gasteiger charge is -2.20. The minimum Gasteiger partial charge on any atom is -0.493 e. The van der Waals surface area contributed by atoms with E-state index in [0.29, 0.717) is 0 Å². The Morgan fingerprint density at radius 1 is 1.25 bits per heavy atom. The average molecular weight is 301 g/mol. The van der Waals surface area contributed by atoms with Crippen LogP contribution in [-0.2, 0) is 6.54 Å². The molecule has 0 aromatic heterocycles. The maximum absolute atomic E-state index is 5.46. The van der Waals surface area contributed by atoms with E-state index in [1.165, 1.54) is 12.0 Å². The number of nitrogens with zero attached hydrogens (tertiary/aromatic N) is 1. The lowest BCUT2D eigenvalue weighted by Crippen LogP contribution is -2.27. The number of hydrogen-bond donors (Lipinski definition) is 1. The molecule has 5 nitrogen and oxygen atoms in total. The van der Waals surface area contributed by atoms with Crippen molar-refractivity contribution in [1.82, 2.24) is 10.2 Å². The van der Waals surface area contributed by atoms with E-state index in [9.17, 15) is 0 Å². The van der Waals surface area contributed by atoms with E-state index >= 15 is 0 Å². The van der Waals surface area contributed by atoms with Crippen LogP contribution in [0.25, 0.3) is 0 Å². The smallest absolute Gasteiger partial charge is 0.231 e. The minimum absolute atomic E-state index is 0. The number of fused-ring (bicyclic) bond motifs is 1. The highest BCUT2D eigenvalue weighted by molar-refractivity contribution is 5.85. The van der Waals surface area contributed by atoms with Crippen LogP contribution in [0.1, 0.15) is 12.0 Å². The summed E-state index contributed by atoms with van der Waals surface area (Å²) in [5.41, 5.74) is 1.21. The molecule has 0 saturated carbocycles. The van der Waals surface area contributed by atoms with Gasteiger partial charge in [-0.05, 0) is 37.2 Å². The molecule has 112 valence electrons. The first-order chi connectivity index (χ1) is 9.36. The Morgan fingerprint density at radius 3 is 3.00 bits per heavy atom. The maximum atomic E-state index is 5.46. The molecule has 0 radical (unpaired) electrons. The van der Waals surface area contributed by atoms with Gasteiger partial charge in [-0.2, -0.15) is 0 Å². The second kappa shape index (κ2) is 7.02. The van der Waals surface area contributed by atoms with Gasteiger partial charge in [0.1, 0.15) is 0 Å². The van der Waals surface area contributed by atoms with Crippen LogP contribution in [0.3, 0.4) is 0 Å². The molecule has 3 rings (SSSR count). The number of halogens is 1. The van der Waals surface area contributed by atoms with Crippen LogP contribution in [0.4, 0.5) is 0 Å². The molecule has 1 aromatic carbocycles. The summed E-state index contributed by atoms with van der Waals surface area (Å²) in [6.07, 6.45) is 1.20. The van der Waals surface area contributed by atoms with Crippen LogP contribution >= 0.6 is 12.4 Å². The molecule has 0 atom stereocenters. The van der Waals surface area contributed by atoms with Crippen molar-refractivity contribution in [1.29, 1.82) is 0 Å². The first kappa shape index (κ1) is 15.2. The molecule has 2 aliphatic rings. The lowest BCUT2D eigenvalue weighted by molar-refractivity contribution is 0.171. The van der Waals surface area contributed by atoms with Crippen molar-refractivity contribution in [2.75, 3.05) is 40.1 Å². The molecule has 0 bridgehead atoms. The van der Waals surface area contributed by atoms with E-state index < -0.39 is 0 Å². The molecular formula is C14H21ClN2O3. The largest absolute Gasteiger partial charge is 0.493 e. The Kier molecular flexibility index (Phi) is 5.34. The average Bonchev–Trinajstić information content (AvgIpc) is 2.75. The molecule has 0 aliphatic carbocycles. The molecule has 1 aromatic rings. The highest BCUT2D eigenvalue weighted by Crippen LogP contribution is 2.42. The van der Waals surface area contributed by atoms with Crippen molar-refractivity contribution in [2.45, 2.75) is 13.0 Å². The Balaban J connectivity index is 0.00000147. The fraction of sp³-hybridized carbons (Fsp3) is 0.571. The normalized spacial score (nSPS) is 18.2. The number of nitrogens with one attached hydrogen (secondary N) is 1. The first-order valence-electron chi connectivity index (χ1n) is 6.76. The second-order valence-corrected chi connectivity index (χ2v) is 4.91. The van der Waals surface area contributed by atoms with Crippen LogP contribution in [0.15, 0.2) is 12.1 Å². The predicted molar refractivity (Wildman–Crippen MR) is 79.1 cm³/mol. The number of methoxy groups -OCH3 is 1. The van der Waals surface area contributed by atoms with E-state index in [0.717, 1.165) is 50.0 Å². The van der Waals surface area contributed by atoms with Crippen molar-refractivity contribution in [3.63, 3.8) is 0 Å². The second-order valence-electron chi connectivity index (χ2n) is 4.91. The minimum atomic E-state index is 0. The van der Waals surface area contributed by atoms with Gasteiger partial charge in [0.25, 0.3) is 0 Å². The number of benzene rings is 1. The fourth-order valence-electron chi connectivity index (χ4n) is 2.59. The molecule has 1 saturated heterocycles. The van der Waals surface area contributed by atoms with Crippen molar-refractivity contribution in [2.24, 2.45) is 0 Å². The molecule has 1 fully saturated rings. The third kappa shape index (κ3) is 3.29. The van der Waals surface area contributed by atoms with E-state index in [1.54, 1.807) is 7.11 Å². The highest BCUT2D eigenvalue weighted by Gasteiger charge is 2.21. The van der Waals surface area contributed by atoms with Gasteiger partial charge in [0.2, 0.25) is 12.5 Å². The van der Waals surface area contributed by atoms with Crippen molar-refractivity contribution in [3.8, 4) is 17.2 Å². The van der Waals surface area contributed by atoms with Gasteiger partial charge >= 0.3 is 0 Å². The van der Waals surface area contributed by atoms with Gasteiger partial charge in [-0.1, -0.05) is 0 Å².